The lowest BCUT2D eigenvalue weighted by Crippen LogP contribution is -2.01. The minimum atomic E-state index is 0.287. The van der Waals surface area contributed by atoms with Gasteiger partial charge in [-0.3, -0.25) is 4.98 Å². The number of pyridine rings is 1. The summed E-state index contributed by atoms with van der Waals surface area (Å²) in [5.41, 5.74) is 3.75. The summed E-state index contributed by atoms with van der Waals surface area (Å²) in [7, 11) is 0. The summed E-state index contributed by atoms with van der Waals surface area (Å²) in [6.07, 6.45) is 0. The van der Waals surface area contributed by atoms with E-state index in [4.69, 9.17) is 0 Å². The minimum Gasteiger partial charge on any atom is -0.508 e. The number of phenolic OH excluding ortho intramolecular Hbond substituents is 1. The SMILES string of the molecule is Cc1ccc2cccc(NCc3cc(Br)ccc3O)c2n1. The molecule has 3 aromatic rings. The van der Waals surface area contributed by atoms with Crippen molar-refractivity contribution >= 4 is 32.5 Å². The predicted molar refractivity (Wildman–Crippen MR) is 89.6 cm³/mol. The Bertz CT molecular complexity index is 802. The van der Waals surface area contributed by atoms with Crippen molar-refractivity contribution in [3.05, 3.63) is 64.3 Å². The zero-order valence-electron chi connectivity index (χ0n) is 11.6. The molecule has 0 spiro atoms. The van der Waals surface area contributed by atoms with Crippen LogP contribution >= 0.6 is 15.9 Å². The first-order valence-electron chi connectivity index (χ1n) is 6.71. The molecule has 0 aliphatic heterocycles. The molecule has 0 radical (unpaired) electrons. The zero-order chi connectivity index (χ0) is 14.8. The van der Waals surface area contributed by atoms with E-state index in [2.05, 4.69) is 32.3 Å². The van der Waals surface area contributed by atoms with Crippen LogP contribution in [-0.2, 0) is 6.54 Å². The summed E-state index contributed by atoms with van der Waals surface area (Å²) in [5, 5.41) is 14.4. The van der Waals surface area contributed by atoms with Gasteiger partial charge in [0.15, 0.2) is 0 Å². The number of fused-ring (bicyclic) bond motifs is 1. The van der Waals surface area contributed by atoms with Gasteiger partial charge in [-0.1, -0.05) is 34.1 Å². The monoisotopic (exact) mass is 342 g/mol. The van der Waals surface area contributed by atoms with Crippen molar-refractivity contribution < 1.29 is 5.11 Å². The van der Waals surface area contributed by atoms with Crippen LogP contribution in [0.5, 0.6) is 5.75 Å². The Morgan fingerprint density at radius 2 is 2.00 bits per heavy atom. The van der Waals surface area contributed by atoms with Crippen LogP contribution in [-0.4, -0.2) is 10.1 Å². The second kappa shape index (κ2) is 5.74. The molecule has 1 heterocycles. The first-order chi connectivity index (χ1) is 10.1. The average molecular weight is 343 g/mol. The molecule has 0 saturated heterocycles. The van der Waals surface area contributed by atoms with Gasteiger partial charge in [-0.2, -0.15) is 0 Å². The second-order valence-corrected chi connectivity index (χ2v) is 5.87. The molecule has 0 fully saturated rings. The fourth-order valence-electron chi connectivity index (χ4n) is 2.27. The Kier molecular flexibility index (Phi) is 3.80. The molecule has 0 aliphatic carbocycles. The molecule has 0 aliphatic rings. The van der Waals surface area contributed by atoms with Crippen LogP contribution in [0.2, 0.25) is 0 Å². The van der Waals surface area contributed by atoms with Crippen LogP contribution in [0.15, 0.2) is 53.0 Å². The van der Waals surface area contributed by atoms with Gasteiger partial charge in [-0.05, 0) is 37.3 Å². The number of para-hydroxylation sites is 1. The third-order valence-electron chi connectivity index (χ3n) is 3.37. The topological polar surface area (TPSA) is 45.1 Å². The molecule has 0 unspecified atom stereocenters. The molecule has 0 bridgehead atoms. The van der Waals surface area contributed by atoms with Gasteiger partial charge in [0.05, 0.1) is 11.2 Å². The van der Waals surface area contributed by atoms with E-state index < -0.39 is 0 Å². The largest absolute Gasteiger partial charge is 0.508 e. The number of hydrogen-bond donors (Lipinski definition) is 2. The molecule has 1 aromatic heterocycles. The van der Waals surface area contributed by atoms with Gasteiger partial charge in [0.1, 0.15) is 5.75 Å². The quantitative estimate of drug-likeness (QED) is 0.729. The fourth-order valence-corrected chi connectivity index (χ4v) is 2.68. The molecule has 2 aromatic carbocycles. The Morgan fingerprint density at radius 1 is 1.14 bits per heavy atom. The van der Waals surface area contributed by atoms with Crippen molar-refractivity contribution in [1.82, 2.24) is 4.98 Å². The summed E-state index contributed by atoms with van der Waals surface area (Å²) in [6.45, 7) is 2.52. The Hall–Kier alpha value is -2.07. The highest BCUT2D eigenvalue weighted by atomic mass is 79.9. The zero-order valence-corrected chi connectivity index (χ0v) is 13.2. The number of hydrogen-bond acceptors (Lipinski definition) is 3. The maximum absolute atomic E-state index is 9.89. The number of aromatic nitrogens is 1. The number of benzene rings is 2. The van der Waals surface area contributed by atoms with Gasteiger partial charge >= 0.3 is 0 Å². The summed E-state index contributed by atoms with van der Waals surface area (Å²) in [5.74, 6) is 0.287. The van der Waals surface area contributed by atoms with Crippen molar-refractivity contribution in [2.45, 2.75) is 13.5 Å². The van der Waals surface area contributed by atoms with Crippen molar-refractivity contribution in [2.24, 2.45) is 0 Å². The van der Waals surface area contributed by atoms with E-state index in [1.54, 1.807) is 6.07 Å². The smallest absolute Gasteiger partial charge is 0.120 e. The Balaban J connectivity index is 1.91. The summed E-state index contributed by atoms with van der Waals surface area (Å²) in [4.78, 5) is 4.59. The van der Waals surface area contributed by atoms with Gasteiger partial charge in [0.25, 0.3) is 0 Å². The highest BCUT2D eigenvalue weighted by Gasteiger charge is 2.05. The fraction of sp³-hybridized carbons (Fsp3) is 0.118. The number of aromatic hydroxyl groups is 1. The van der Waals surface area contributed by atoms with E-state index >= 15 is 0 Å². The van der Waals surface area contributed by atoms with E-state index in [0.29, 0.717) is 6.54 Å². The number of aryl methyl sites for hydroxylation is 1. The number of halogens is 1. The molecule has 21 heavy (non-hydrogen) atoms. The first kappa shape index (κ1) is 13.9. The number of anilines is 1. The van der Waals surface area contributed by atoms with Crippen LogP contribution < -0.4 is 5.32 Å². The highest BCUT2D eigenvalue weighted by molar-refractivity contribution is 9.10. The van der Waals surface area contributed by atoms with Gasteiger partial charge in [-0.15, -0.1) is 0 Å². The Morgan fingerprint density at radius 3 is 2.86 bits per heavy atom. The van der Waals surface area contributed by atoms with Crippen molar-refractivity contribution in [1.29, 1.82) is 0 Å². The van der Waals surface area contributed by atoms with Gasteiger partial charge in [0.2, 0.25) is 0 Å². The standard InChI is InChI=1S/C17H15BrN2O/c1-11-5-6-12-3-2-4-15(17(12)20-11)19-10-13-9-14(18)7-8-16(13)21/h2-9,19,21H,10H2,1H3. The molecule has 0 saturated carbocycles. The van der Waals surface area contributed by atoms with Gasteiger partial charge in [0, 0.05) is 27.7 Å². The third kappa shape index (κ3) is 3.00. The molecule has 2 N–H and O–H groups in total. The maximum Gasteiger partial charge on any atom is 0.120 e. The first-order valence-corrected chi connectivity index (χ1v) is 7.50. The van der Waals surface area contributed by atoms with E-state index in [0.717, 1.165) is 32.3 Å². The molecule has 106 valence electrons. The van der Waals surface area contributed by atoms with Gasteiger partial charge < -0.3 is 10.4 Å². The molecular weight excluding hydrogens is 328 g/mol. The third-order valence-corrected chi connectivity index (χ3v) is 3.86. The number of nitrogens with zero attached hydrogens (tertiary/aromatic N) is 1. The summed E-state index contributed by atoms with van der Waals surface area (Å²) >= 11 is 3.42. The molecule has 3 rings (SSSR count). The van der Waals surface area contributed by atoms with E-state index in [1.165, 1.54) is 0 Å². The van der Waals surface area contributed by atoms with Gasteiger partial charge in [-0.25, -0.2) is 0 Å². The van der Waals surface area contributed by atoms with E-state index in [9.17, 15) is 5.11 Å². The second-order valence-electron chi connectivity index (χ2n) is 4.96. The molecule has 3 nitrogen and oxygen atoms in total. The maximum atomic E-state index is 9.89. The molecular formula is C17H15BrN2O. The Labute approximate surface area is 131 Å². The van der Waals surface area contributed by atoms with Crippen LogP contribution in [0.1, 0.15) is 11.3 Å². The lowest BCUT2D eigenvalue weighted by atomic mass is 10.1. The van der Waals surface area contributed by atoms with E-state index in [-0.39, 0.29) is 5.75 Å². The molecule has 4 heteroatoms. The normalized spacial score (nSPS) is 10.8. The lowest BCUT2D eigenvalue weighted by molar-refractivity contribution is 0.469. The van der Waals surface area contributed by atoms with Crippen LogP contribution in [0.3, 0.4) is 0 Å². The van der Waals surface area contributed by atoms with Crippen LogP contribution in [0.4, 0.5) is 5.69 Å². The number of phenols is 1. The molecule has 0 amide bonds. The highest BCUT2D eigenvalue weighted by Crippen LogP contribution is 2.25. The van der Waals surface area contributed by atoms with Crippen molar-refractivity contribution in [2.75, 3.05) is 5.32 Å². The molecule has 0 atom stereocenters. The van der Waals surface area contributed by atoms with E-state index in [1.807, 2.05) is 43.3 Å². The van der Waals surface area contributed by atoms with Crippen LogP contribution in [0.25, 0.3) is 10.9 Å². The lowest BCUT2D eigenvalue weighted by Gasteiger charge is -2.11. The van der Waals surface area contributed by atoms with Crippen LogP contribution in [0, 0.1) is 6.92 Å². The number of nitrogens with one attached hydrogen (secondary N) is 1. The average Bonchev–Trinajstić information content (AvgIpc) is 2.48. The summed E-state index contributed by atoms with van der Waals surface area (Å²) < 4.78 is 0.948. The predicted octanol–water partition coefficient (Wildman–Crippen LogP) is 4.62. The van der Waals surface area contributed by atoms with Crippen molar-refractivity contribution in [3.8, 4) is 5.75 Å². The number of rotatable bonds is 3. The summed E-state index contributed by atoms with van der Waals surface area (Å²) in [6, 6.07) is 15.5. The minimum absolute atomic E-state index is 0.287. The van der Waals surface area contributed by atoms with Crippen molar-refractivity contribution in [3.63, 3.8) is 0 Å².